The summed E-state index contributed by atoms with van der Waals surface area (Å²) in [5, 5.41) is 0. The first kappa shape index (κ1) is 23.5. The predicted molar refractivity (Wildman–Crippen MR) is 117 cm³/mol. The first-order valence-electron chi connectivity index (χ1n) is 11.5. The molecule has 2 aromatic carbocycles. The number of hydrogen-bond acceptors (Lipinski definition) is 2. The molecule has 0 unspecified atom stereocenters. The molecule has 0 atom stereocenters. The van der Waals surface area contributed by atoms with E-state index in [-0.39, 0.29) is 17.5 Å². The number of halogens is 3. The monoisotopic (exact) mass is 434 g/mol. The van der Waals surface area contributed by atoms with Crippen molar-refractivity contribution >= 4 is 0 Å². The van der Waals surface area contributed by atoms with Gasteiger partial charge in [-0.25, -0.2) is 8.78 Å². The topological polar surface area (TPSA) is 18.5 Å². The molecule has 0 aliphatic heterocycles. The van der Waals surface area contributed by atoms with Gasteiger partial charge >= 0.3 is 0 Å². The van der Waals surface area contributed by atoms with Crippen molar-refractivity contribution in [3.05, 3.63) is 58.9 Å². The quantitative estimate of drug-likeness (QED) is 0.359. The summed E-state index contributed by atoms with van der Waals surface area (Å²) < 4.78 is 53.9. The Kier molecular flexibility index (Phi) is 8.68. The zero-order valence-corrected chi connectivity index (χ0v) is 18.6. The summed E-state index contributed by atoms with van der Waals surface area (Å²) in [4.78, 5) is 0. The van der Waals surface area contributed by atoms with Gasteiger partial charge in [0.05, 0.1) is 13.2 Å². The molecule has 0 bridgehead atoms. The second-order valence-electron chi connectivity index (χ2n) is 8.45. The molecule has 0 spiro atoms. The number of unbranched alkanes of at least 4 members (excludes halogenated alkanes) is 2. The molecule has 2 aromatic rings. The molecule has 3 rings (SSSR count). The fraction of sp³-hybridized carbons (Fsp3) is 0.538. The van der Waals surface area contributed by atoms with Gasteiger partial charge in [-0.2, -0.15) is 4.39 Å². The van der Waals surface area contributed by atoms with Crippen LogP contribution in [0.4, 0.5) is 13.2 Å². The summed E-state index contributed by atoms with van der Waals surface area (Å²) in [5.41, 5.74) is 1.17. The Morgan fingerprint density at radius 2 is 1.65 bits per heavy atom. The number of ether oxygens (including phenoxy) is 2. The minimum absolute atomic E-state index is 0.00118. The Labute approximate surface area is 183 Å². The van der Waals surface area contributed by atoms with Crippen molar-refractivity contribution < 1.29 is 22.6 Å². The van der Waals surface area contributed by atoms with Gasteiger partial charge in [0.2, 0.25) is 5.82 Å². The maximum atomic E-state index is 14.5. The lowest BCUT2D eigenvalue weighted by Crippen LogP contribution is -2.20. The Balaban J connectivity index is 1.50. The van der Waals surface area contributed by atoms with Crippen LogP contribution in [0.1, 0.15) is 75.8 Å². The van der Waals surface area contributed by atoms with Crippen LogP contribution in [0.3, 0.4) is 0 Å². The third-order valence-corrected chi connectivity index (χ3v) is 6.22. The van der Waals surface area contributed by atoms with Gasteiger partial charge in [0.25, 0.3) is 0 Å². The molecule has 0 amide bonds. The van der Waals surface area contributed by atoms with Crippen LogP contribution in [-0.4, -0.2) is 13.2 Å². The Bertz CT molecular complexity index is 845. The third kappa shape index (κ3) is 6.18. The number of aryl methyl sites for hydroxylation is 1. The molecule has 5 heteroatoms. The number of benzene rings is 2. The van der Waals surface area contributed by atoms with Crippen LogP contribution < -0.4 is 9.47 Å². The minimum Gasteiger partial charge on any atom is -0.493 e. The normalized spacial score (nSPS) is 18.7. The van der Waals surface area contributed by atoms with Crippen LogP contribution in [0, 0.1) is 23.4 Å². The first-order valence-corrected chi connectivity index (χ1v) is 11.5. The summed E-state index contributed by atoms with van der Waals surface area (Å²) in [7, 11) is 0. The molecule has 0 aromatic heterocycles. The van der Waals surface area contributed by atoms with E-state index in [1.54, 1.807) is 13.0 Å². The Morgan fingerprint density at radius 1 is 0.871 bits per heavy atom. The molecule has 1 saturated carbocycles. The van der Waals surface area contributed by atoms with E-state index in [2.05, 4.69) is 6.92 Å². The second-order valence-corrected chi connectivity index (χ2v) is 8.45. The van der Waals surface area contributed by atoms with Crippen LogP contribution >= 0.6 is 0 Å². The van der Waals surface area contributed by atoms with Gasteiger partial charge in [-0.05, 0) is 80.5 Å². The standard InChI is InChI=1S/C26H33F3O2/c1-3-5-6-7-20-12-13-21(16-23(20)27)31-17-18-8-10-19(11-9-18)22-14-15-24(30-4-2)26(29)25(22)28/h12-16,18-19H,3-11,17H2,1-2H3. The zero-order chi connectivity index (χ0) is 22.2. The van der Waals surface area contributed by atoms with E-state index in [9.17, 15) is 13.2 Å². The molecule has 0 radical (unpaired) electrons. The molecular weight excluding hydrogens is 401 g/mol. The summed E-state index contributed by atoms with van der Waals surface area (Å²) >= 11 is 0. The van der Waals surface area contributed by atoms with E-state index in [0.717, 1.165) is 56.9 Å². The molecule has 0 saturated heterocycles. The van der Waals surface area contributed by atoms with Crippen LogP contribution in [0.2, 0.25) is 0 Å². The lowest BCUT2D eigenvalue weighted by atomic mass is 9.79. The van der Waals surface area contributed by atoms with Crippen LogP contribution in [0.5, 0.6) is 11.5 Å². The lowest BCUT2D eigenvalue weighted by Gasteiger charge is -2.29. The van der Waals surface area contributed by atoms with Gasteiger partial charge in [-0.15, -0.1) is 0 Å². The molecule has 170 valence electrons. The third-order valence-electron chi connectivity index (χ3n) is 6.22. The maximum Gasteiger partial charge on any atom is 0.200 e. The molecule has 31 heavy (non-hydrogen) atoms. The minimum atomic E-state index is -0.898. The van der Waals surface area contributed by atoms with E-state index in [4.69, 9.17) is 9.47 Å². The molecule has 1 aliphatic rings. The summed E-state index contributed by atoms with van der Waals surface area (Å²) in [5.74, 6) is -1.04. The predicted octanol–water partition coefficient (Wildman–Crippen LogP) is 7.59. The van der Waals surface area contributed by atoms with Crippen molar-refractivity contribution in [3.63, 3.8) is 0 Å². The fourth-order valence-corrected chi connectivity index (χ4v) is 4.37. The second kappa shape index (κ2) is 11.4. The molecule has 1 aliphatic carbocycles. The van der Waals surface area contributed by atoms with E-state index in [1.165, 1.54) is 12.1 Å². The first-order chi connectivity index (χ1) is 15.0. The van der Waals surface area contributed by atoms with Gasteiger partial charge in [-0.1, -0.05) is 31.9 Å². The molecular formula is C26H33F3O2. The summed E-state index contributed by atoms with van der Waals surface area (Å²) in [6.45, 7) is 4.69. The van der Waals surface area contributed by atoms with E-state index < -0.39 is 11.6 Å². The average molecular weight is 435 g/mol. The average Bonchev–Trinajstić information content (AvgIpc) is 2.78. The summed E-state index contributed by atoms with van der Waals surface area (Å²) in [6.07, 6.45) is 7.28. The van der Waals surface area contributed by atoms with Crippen molar-refractivity contribution in [2.75, 3.05) is 13.2 Å². The van der Waals surface area contributed by atoms with E-state index >= 15 is 0 Å². The lowest BCUT2D eigenvalue weighted by molar-refractivity contribution is 0.198. The molecule has 1 fully saturated rings. The van der Waals surface area contributed by atoms with Gasteiger partial charge in [0.1, 0.15) is 11.6 Å². The van der Waals surface area contributed by atoms with Crippen molar-refractivity contribution in [3.8, 4) is 11.5 Å². The van der Waals surface area contributed by atoms with E-state index in [1.807, 2.05) is 12.1 Å². The van der Waals surface area contributed by atoms with Crippen LogP contribution in [0.25, 0.3) is 0 Å². The smallest absolute Gasteiger partial charge is 0.200 e. The Morgan fingerprint density at radius 3 is 2.32 bits per heavy atom. The number of hydrogen-bond donors (Lipinski definition) is 0. The highest BCUT2D eigenvalue weighted by Gasteiger charge is 2.27. The van der Waals surface area contributed by atoms with Gasteiger partial charge < -0.3 is 9.47 Å². The molecule has 0 N–H and O–H groups in total. The van der Waals surface area contributed by atoms with Crippen molar-refractivity contribution in [1.82, 2.24) is 0 Å². The van der Waals surface area contributed by atoms with Crippen molar-refractivity contribution in [1.29, 1.82) is 0 Å². The maximum absolute atomic E-state index is 14.5. The highest BCUT2D eigenvalue weighted by molar-refractivity contribution is 5.33. The van der Waals surface area contributed by atoms with Gasteiger partial charge in [0.15, 0.2) is 11.6 Å². The summed E-state index contributed by atoms with van der Waals surface area (Å²) in [6, 6.07) is 8.31. The highest BCUT2D eigenvalue weighted by atomic mass is 19.2. The van der Waals surface area contributed by atoms with Crippen molar-refractivity contribution in [2.45, 2.75) is 71.1 Å². The van der Waals surface area contributed by atoms with Crippen molar-refractivity contribution in [2.24, 2.45) is 5.92 Å². The van der Waals surface area contributed by atoms with E-state index in [0.29, 0.717) is 30.4 Å². The number of rotatable bonds is 10. The fourth-order valence-electron chi connectivity index (χ4n) is 4.37. The molecule has 2 nitrogen and oxygen atoms in total. The highest BCUT2D eigenvalue weighted by Crippen LogP contribution is 2.39. The SMILES string of the molecule is CCCCCc1ccc(OCC2CCC(c3ccc(OCC)c(F)c3F)CC2)cc1F. The Hall–Kier alpha value is -2.17. The zero-order valence-electron chi connectivity index (χ0n) is 18.6. The van der Waals surface area contributed by atoms with Crippen LogP contribution in [-0.2, 0) is 6.42 Å². The van der Waals surface area contributed by atoms with Crippen LogP contribution in [0.15, 0.2) is 30.3 Å². The van der Waals surface area contributed by atoms with Gasteiger partial charge in [0, 0.05) is 6.07 Å². The van der Waals surface area contributed by atoms with Gasteiger partial charge in [-0.3, -0.25) is 0 Å². The largest absolute Gasteiger partial charge is 0.493 e. The molecule has 0 heterocycles.